The van der Waals surface area contributed by atoms with Crippen molar-refractivity contribution in [2.75, 3.05) is 11.1 Å². The normalized spacial score (nSPS) is 10.7. The quantitative estimate of drug-likeness (QED) is 0.598. The molecule has 0 fully saturated rings. The Balaban J connectivity index is 1.56. The van der Waals surface area contributed by atoms with Crippen molar-refractivity contribution in [2.45, 2.75) is 31.5 Å². The average Bonchev–Trinajstić information content (AvgIpc) is 3.09. The van der Waals surface area contributed by atoms with Gasteiger partial charge in [-0.25, -0.2) is 4.39 Å². The maximum atomic E-state index is 12.9. The Morgan fingerprint density at radius 1 is 1.07 bits per heavy atom. The second kappa shape index (κ2) is 9.32. The molecule has 1 heterocycles. The summed E-state index contributed by atoms with van der Waals surface area (Å²) in [5.74, 6) is 0.640. The van der Waals surface area contributed by atoms with E-state index in [0.29, 0.717) is 5.69 Å². The number of carbonyl (C=O) groups excluding carboxylic acids is 1. The van der Waals surface area contributed by atoms with Crippen LogP contribution in [-0.2, 0) is 24.2 Å². The lowest BCUT2D eigenvalue weighted by atomic mass is 10.1. The second-order valence-corrected chi connectivity index (χ2v) is 6.91. The molecule has 3 aromatic rings. The SMILES string of the molecule is CCn1c(CCc2ccccc2)nnc1SCC(=O)Nc1ccc(F)cc1. The summed E-state index contributed by atoms with van der Waals surface area (Å²) in [6.45, 7) is 2.79. The molecular weight excluding hydrogens is 363 g/mol. The smallest absolute Gasteiger partial charge is 0.234 e. The van der Waals surface area contributed by atoms with Gasteiger partial charge in [-0.1, -0.05) is 42.1 Å². The molecule has 1 N–H and O–H groups in total. The molecule has 1 amide bonds. The van der Waals surface area contributed by atoms with Gasteiger partial charge in [0.1, 0.15) is 11.6 Å². The molecule has 0 spiro atoms. The van der Waals surface area contributed by atoms with Crippen LogP contribution in [0.15, 0.2) is 59.8 Å². The van der Waals surface area contributed by atoms with Gasteiger partial charge in [0.15, 0.2) is 5.16 Å². The maximum Gasteiger partial charge on any atom is 0.234 e. The van der Waals surface area contributed by atoms with Crippen molar-refractivity contribution in [3.8, 4) is 0 Å². The zero-order chi connectivity index (χ0) is 19.1. The van der Waals surface area contributed by atoms with Gasteiger partial charge in [0.05, 0.1) is 5.75 Å². The highest BCUT2D eigenvalue weighted by Crippen LogP contribution is 2.19. The second-order valence-electron chi connectivity index (χ2n) is 5.97. The highest BCUT2D eigenvalue weighted by molar-refractivity contribution is 7.99. The molecule has 0 aliphatic heterocycles. The fourth-order valence-corrected chi connectivity index (χ4v) is 3.51. The Kier molecular flexibility index (Phi) is 6.59. The first-order valence-electron chi connectivity index (χ1n) is 8.80. The number of anilines is 1. The van der Waals surface area contributed by atoms with Crippen molar-refractivity contribution in [1.29, 1.82) is 0 Å². The Morgan fingerprint density at radius 3 is 2.52 bits per heavy atom. The van der Waals surface area contributed by atoms with Crippen LogP contribution < -0.4 is 5.32 Å². The van der Waals surface area contributed by atoms with Crippen LogP contribution in [0.1, 0.15) is 18.3 Å². The van der Waals surface area contributed by atoms with Crippen LogP contribution in [0.5, 0.6) is 0 Å². The maximum absolute atomic E-state index is 12.9. The molecule has 7 heteroatoms. The zero-order valence-electron chi connectivity index (χ0n) is 15.1. The first kappa shape index (κ1) is 19.1. The molecule has 0 aliphatic carbocycles. The highest BCUT2D eigenvalue weighted by Gasteiger charge is 2.13. The highest BCUT2D eigenvalue weighted by atomic mass is 32.2. The van der Waals surface area contributed by atoms with Crippen molar-refractivity contribution < 1.29 is 9.18 Å². The molecule has 0 radical (unpaired) electrons. The minimum absolute atomic E-state index is 0.164. The molecule has 0 saturated carbocycles. The van der Waals surface area contributed by atoms with Gasteiger partial charge in [0, 0.05) is 18.7 Å². The number of nitrogens with one attached hydrogen (secondary N) is 1. The predicted octanol–water partition coefficient (Wildman–Crippen LogP) is 3.95. The summed E-state index contributed by atoms with van der Waals surface area (Å²) in [7, 11) is 0. The number of nitrogens with zero attached hydrogens (tertiary/aromatic N) is 3. The summed E-state index contributed by atoms with van der Waals surface area (Å²) in [5.41, 5.74) is 1.83. The minimum Gasteiger partial charge on any atom is -0.325 e. The van der Waals surface area contributed by atoms with E-state index in [0.717, 1.165) is 30.4 Å². The van der Waals surface area contributed by atoms with Gasteiger partial charge < -0.3 is 9.88 Å². The lowest BCUT2D eigenvalue weighted by Gasteiger charge is -2.08. The number of hydrogen-bond donors (Lipinski definition) is 1. The fourth-order valence-electron chi connectivity index (χ4n) is 2.69. The molecule has 27 heavy (non-hydrogen) atoms. The van der Waals surface area contributed by atoms with Crippen LogP contribution in [0.3, 0.4) is 0 Å². The monoisotopic (exact) mass is 384 g/mol. The number of hydrogen-bond acceptors (Lipinski definition) is 4. The summed E-state index contributed by atoms with van der Waals surface area (Å²) >= 11 is 1.35. The van der Waals surface area contributed by atoms with Gasteiger partial charge in [-0.15, -0.1) is 10.2 Å². The lowest BCUT2D eigenvalue weighted by Crippen LogP contribution is -2.14. The van der Waals surface area contributed by atoms with Gasteiger partial charge in [-0.3, -0.25) is 4.79 Å². The van der Waals surface area contributed by atoms with Crippen LogP contribution in [0.25, 0.3) is 0 Å². The van der Waals surface area contributed by atoms with E-state index < -0.39 is 0 Å². The molecule has 5 nitrogen and oxygen atoms in total. The van der Waals surface area contributed by atoms with E-state index in [2.05, 4.69) is 27.6 Å². The molecule has 0 atom stereocenters. The molecular formula is C20H21FN4OS. The Morgan fingerprint density at radius 2 is 1.81 bits per heavy atom. The molecule has 0 unspecified atom stereocenters. The van der Waals surface area contributed by atoms with E-state index in [1.165, 1.54) is 41.6 Å². The van der Waals surface area contributed by atoms with Crippen molar-refractivity contribution in [2.24, 2.45) is 0 Å². The number of halogens is 1. The Bertz CT molecular complexity index is 881. The van der Waals surface area contributed by atoms with Gasteiger partial charge in [-0.2, -0.15) is 0 Å². The van der Waals surface area contributed by atoms with Gasteiger partial charge >= 0.3 is 0 Å². The van der Waals surface area contributed by atoms with Crippen LogP contribution in [0, 0.1) is 5.82 Å². The lowest BCUT2D eigenvalue weighted by molar-refractivity contribution is -0.113. The molecule has 1 aromatic heterocycles. The van der Waals surface area contributed by atoms with E-state index in [-0.39, 0.29) is 17.5 Å². The van der Waals surface area contributed by atoms with Crippen molar-refractivity contribution in [3.63, 3.8) is 0 Å². The largest absolute Gasteiger partial charge is 0.325 e. The topological polar surface area (TPSA) is 59.8 Å². The standard InChI is InChI=1S/C20H21FN4OS/c1-2-25-18(13-8-15-6-4-3-5-7-15)23-24-20(25)27-14-19(26)22-17-11-9-16(21)10-12-17/h3-7,9-12H,2,8,13-14H2,1H3,(H,22,26). The van der Waals surface area contributed by atoms with E-state index in [1.807, 2.05) is 29.7 Å². The van der Waals surface area contributed by atoms with E-state index >= 15 is 0 Å². The van der Waals surface area contributed by atoms with Crippen LogP contribution in [-0.4, -0.2) is 26.4 Å². The van der Waals surface area contributed by atoms with E-state index in [1.54, 1.807) is 0 Å². The van der Waals surface area contributed by atoms with E-state index in [9.17, 15) is 9.18 Å². The minimum atomic E-state index is -0.332. The molecule has 0 aliphatic rings. The summed E-state index contributed by atoms with van der Waals surface area (Å²) in [6, 6.07) is 16.0. The van der Waals surface area contributed by atoms with Gasteiger partial charge in [0.2, 0.25) is 5.91 Å². The van der Waals surface area contributed by atoms with Gasteiger partial charge in [-0.05, 0) is 43.2 Å². The average molecular weight is 384 g/mol. The summed E-state index contributed by atoms with van der Waals surface area (Å²) in [4.78, 5) is 12.1. The van der Waals surface area contributed by atoms with Crippen LogP contribution in [0.2, 0.25) is 0 Å². The zero-order valence-corrected chi connectivity index (χ0v) is 15.9. The Labute approximate surface area is 162 Å². The molecule has 140 valence electrons. The fraction of sp³-hybridized carbons (Fsp3) is 0.250. The van der Waals surface area contributed by atoms with Gasteiger partial charge in [0.25, 0.3) is 0 Å². The summed E-state index contributed by atoms with van der Waals surface area (Å²) in [6.07, 6.45) is 1.70. The molecule has 0 bridgehead atoms. The number of carbonyl (C=O) groups is 1. The molecule has 3 rings (SSSR count). The van der Waals surface area contributed by atoms with Crippen molar-refractivity contribution in [3.05, 3.63) is 71.8 Å². The van der Waals surface area contributed by atoms with E-state index in [4.69, 9.17) is 0 Å². The number of benzene rings is 2. The summed E-state index contributed by atoms with van der Waals surface area (Å²) in [5, 5.41) is 12.0. The third-order valence-electron chi connectivity index (χ3n) is 4.05. The summed E-state index contributed by atoms with van der Waals surface area (Å²) < 4.78 is 15.0. The molecule has 0 saturated heterocycles. The first-order valence-corrected chi connectivity index (χ1v) is 9.78. The van der Waals surface area contributed by atoms with Crippen molar-refractivity contribution >= 4 is 23.4 Å². The Hall–Kier alpha value is -2.67. The van der Waals surface area contributed by atoms with Crippen LogP contribution >= 0.6 is 11.8 Å². The third-order valence-corrected chi connectivity index (χ3v) is 5.02. The van der Waals surface area contributed by atoms with Crippen molar-refractivity contribution in [1.82, 2.24) is 14.8 Å². The number of amides is 1. The number of rotatable bonds is 8. The number of aromatic nitrogens is 3. The van der Waals surface area contributed by atoms with Crippen LogP contribution in [0.4, 0.5) is 10.1 Å². The number of thioether (sulfide) groups is 1. The predicted molar refractivity (Wildman–Crippen MR) is 105 cm³/mol. The number of aryl methyl sites for hydroxylation is 2. The molecule has 2 aromatic carbocycles. The first-order chi connectivity index (χ1) is 13.2. The third kappa shape index (κ3) is 5.40.